The number of rotatable bonds is 5. The lowest BCUT2D eigenvalue weighted by atomic mass is 9.64. The van der Waals surface area contributed by atoms with Gasteiger partial charge in [-0.05, 0) is 110 Å². The maximum Gasteiger partial charge on any atom is 0.142 e. The molecule has 0 amide bonds. The van der Waals surface area contributed by atoms with Crippen LogP contribution in [0.15, 0.2) is 210 Å². The molecule has 1 heterocycles. The first-order valence-electron chi connectivity index (χ1n) is 22.7. The fourth-order valence-electron chi connectivity index (χ4n) is 12.1. The van der Waals surface area contributed by atoms with Crippen LogP contribution in [0, 0.1) is 5.92 Å². The van der Waals surface area contributed by atoms with Crippen LogP contribution in [0.1, 0.15) is 78.3 Å². The summed E-state index contributed by atoms with van der Waals surface area (Å²) >= 11 is 0. The van der Waals surface area contributed by atoms with Crippen LogP contribution in [0.2, 0.25) is 0 Å². The van der Waals surface area contributed by atoms with Crippen LogP contribution in [-0.2, 0) is 10.8 Å². The van der Waals surface area contributed by atoms with E-state index >= 15 is 0 Å². The van der Waals surface area contributed by atoms with Crippen molar-refractivity contribution >= 4 is 50.3 Å². The van der Waals surface area contributed by atoms with Crippen LogP contribution >= 0.6 is 0 Å². The predicted molar refractivity (Wildman–Crippen MR) is 262 cm³/mol. The monoisotopic (exact) mass is 809 g/mol. The highest BCUT2D eigenvalue weighted by Gasteiger charge is 2.55. The number of hydrogen-bond donors (Lipinski definition) is 0. The van der Waals surface area contributed by atoms with Gasteiger partial charge in [-0.2, -0.15) is 0 Å². The zero-order valence-corrected chi connectivity index (χ0v) is 35.7. The van der Waals surface area contributed by atoms with E-state index in [1.165, 1.54) is 60.9 Å². The lowest BCUT2D eigenvalue weighted by molar-refractivity contribution is 0.433. The summed E-state index contributed by atoms with van der Waals surface area (Å²) in [6.45, 7) is 4.78. The lowest BCUT2D eigenvalue weighted by Crippen LogP contribution is -2.32. The standard InChI is InChI=1S/C61H47NO/c1-39-27-34-52-51-23-14-22-46(41-16-4-3-5-17-41)58(51)63-59(52)57(39)62(45-31-28-40-15-6-7-18-42(40)37-45)44-32-29-43(30-33-44)60(2)36-35-50-49-21-10-13-26-55(49)61(56(50)38-60)53-24-11-8-19-47(53)48-20-9-12-25-54(48)61/h3-11,13-24,26-35,37-39,57H,12,25,36H2,1-2H3. The minimum atomic E-state index is -0.275. The Bertz CT molecular complexity index is 3350. The molecule has 0 radical (unpaired) electrons. The SMILES string of the molecule is CC1C=Cc2c(oc3c(-c4ccccc4)cccc23)C1N(c1ccc(C2(C)C=C3C(=CC2)c2ccccc2C32C3=C(C=CCC3)c3ccccc32)cc1)c1ccc2ccccc2c1. The number of furan rings is 1. The number of fused-ring (bicyclic) bond motifs is 13. The van der Waals surface area contributed by atoms with Gasteiger partial charge in [0.15, 0.2) is 0 Å². The molecule has 1 spiro atoms. The van der Waals surface area contributed by atoms with Crippen molar-refractivity contribution in [1.82, 2.24) is 0 Å². The fourth-order valence-corrected chi connectivity index (χ4v) is 12.1. The van der Waals surface area contributed by atoms with Gasteiger partial charge < -0.3 is 9.32 Å². The maximum absolute atomic E-state index is 7.17. The molecular weight excluding hydrogens is 763 g/mol. The molecule has 302 valence electrons. The molecule has 5 aliphatic carbocycles. The molecule has 5 aliphatic rings. The lowest BCUT2D eigenvalue weighted by Gasteiger charge is -2.39. The van der Waals surface area contributed by atoms with Crippen molar-refractivity contribution in [2.45, 2.75) is 50.0 Å². The Balaban J connectivity index is 0.955. The molecule has 4 atom stereocenters. The molecule has 0 aliphatic heterocycles. The highest BCUT2D eigenvalue weighted by molar-refractivity contribution is 6.02. The molecule has 0 N–H and O–H groups in total. The molecule has 0 fully saturated rings. The minimum absolute atomic E-state index is 0.0720. The third-order valence-corrected chi connectivity index (χ3v) is 15.0. The van der Waals surface area contributed by atoms with Crippen molar-refractivity contribution in [1.29, 1.82) is 0 Å². The van der Waals surface area contributed by atoms with E-state index < -0.39 is 0 Å². The molecule has 63 heavy (non-hydrogen) atoms. The average Bonchev–Trinajstić information content (AvgIpc) is 3.97. The summed E-state index contributed by atoms with van der Waals surface area (Å²) in [4.78, 5) is 2.54. The van der Waals surface area contributed by atoms with Crippen molar-refractivity contribution in [3.63, 3.8) is 0 Å². The largest absolute Gasteiger partial charge is 0.458 e. The molecule has 2 heteroatoms. The number of benzene rings is 7. The summed E-state index contributed by atoms with van der Waals surface area (Å²) in [5.41, 5.74) is 19.1. The molecular formula is C61H47NO. The molecule has 0 bridgehead atoms. The fraction of sp³-hybridized carbons (Fsp3) is 0.148. The van der Waals surface area contributed by atoms with Crippen LogP contribution < -0.4 is 4.90 Å². The Hall–Kier alpha value is -7.16. The Labute approximate surface area is 369 Å². The quantitative estimate of drug-likeness (QED) is 0.172. The number of allylic oxidation sites excluding steroid dienone is 8. The van der Waals surface area contributed by atoms with Gasteiger partial charge in [-0.25, -0.2) is 0 Å². The molecule has 7 aromatic carbocycles. The second-order valence-corrected chi connectivity index (χ2v) is 18.5. The smallest absolute Gasteiger partial charge is 0.142 e. The summed E-state index contributed by atoms with van der Waals surface area (Å²) in [6.07, 6.45) is 17.8. The van der Waals surface area contributed by atoms with E-state index in [-0.39, 0.29) is 22.8 Å². The van der Waals surface area contributed by atoms with Gasteiger partial charge in [-0.3, -0.25) is 0 Å². The summed E-state index contributed by atoms with van der Waals surface area (Å²) < 4.78 is 7.17. The average molecular weight is 810 g/mol. The Morgan fingerprint density at radius 3 is 2.21 bits per heavy atom. The Morgan fingerprint density at radius 1 is 0.651 bits per heavy atom. The van der Waals surface area contributed by atoms with Gasteiger partial charge in [0, 0.05) is 39.2 Å². The van der Waals surface area contributed by atoms with E-state index in [1.54, 1.807) is 5.57 Å². The maximum atomic E-state index is 7.17. The molecule has 0 saturated heterocycles. The van der Waals surface area contributed by atoms with Crippen molar-refractivity contribution < 1.29 is 4.42 Å². The normalized spacial score (nSPS) is 22.7. The van der Waals surface area contributed by atoms with E-state index in [2.05, 4.69) is 219 Å². The zero-order chi connectivity index (χ0) is 41.9. The second-order valence-electron chi connectivity index (χ2n) is 18.5. The molecule has 13 rings (SSSR count). The number of nitrogens with zero attached hydrogens (tertiary/aromatic N) is 1. The van der Waals surface area contributed by atoms with E-state index in [9.17, 15) is 0 Å². The first-order valence-corrected chi connectivity index (χ1v) is 22.7. The predicted octanol–water partition coefficient (Wildman–Crippen LogP) is 15.9. The number of anilines is 2. The van der Waals surface area contributed by atoms with E-state index in [0.29, 0.717) is 0 Å². The third-order valence-electron chi connectivity index (χ3n) is 15.0. The molecule has 4 unspecified atom stereocenters. The zero-order valence-electron chi connectivity index (χ0n) is 35.7. The summed E-state index contributed by atoms with van der Waals surface area (Å²) in [7, 11) is 0. The summed E-state index contributed by atoms with van der Waals surface area (Å²) in [6, 6.07) is 60.7. The van der Waals surface area contributed by atoms with Crippen LogP contribution in [-0.4, -0.2) is 0 Å². The molecule has 0 saturated carbocycles. The van der Waals surface area contributed by atoms with Gasteiger partial charge >= 0.3 is 0 Å². The van der Waals surface area contributed by atoms with Crippen molar-refractivity contribution in [2.75, 3.05) is 4.90 Å². The van der Waals surface area contributed by atoms with E-state index in [1.807, 2.05) is 0 Å². The van der Waals surface area contributed by atoms with Crippen LogP contribution in [0.4, 0.5) is 11.4 Å². The van der Waals surface area contributed by atoms with Gasteiger partial charge in [-0.1, -0.05) is 190 Å². The summed E-state index contributed by atoms with van der Waals surface area (Å²) in [5.74, 6) is 1.19. The van der Waals surface area contributed by atoms with Gasteiger partial charge in [0.2, 0.25) is 0 Å². The van der Waals surface area contributed by atoms with Gasteiger partial charge in [0.05, 0.1) is 11.5 Å². The van der Waals surface area contributed by atoms with Gasteiger partial charge in [-0.15, -0.1) is 0 Å². The first-order chi connectivity index (χ1) is 31.0. The molecule has 1 aromatic heterocycles. The number of para-hydroxylation sites is 1. The number of hydrogen-bond acceptors (Lipinski definition) is 2. The van der Waals surface area contributed by atoms with Gasteiger partial charge in [0.25, 0.3) is 0 Å². The third kappa shape index (κ3) is 5.19. The van der Waals surface area contributed by atoms with Crippen LogP contribution in [0.5, 0.6) is 0 Å². The van der Waals surface area contributed by atoms with Crippen molar-refractivity contribution in [2.24, 2.45) is 5.92 Å². The van der Waals surface area contributed by atoms with E-state index in [0.717, 1.165) is 58.5 Å². The summed E-state index contributed by atoms with van der Waals surface area (Å²) in [5, 5.41) is 3.62. The van der Waals surface area contributed by atoms with Crippen molar-refractivity contribution in [3.8, 4) is 11.1 Å². The van der Waals surface area contributed by atoms with E-state index in [4.69, 9.17) is 4.42 Å². The van der Waals surface area contributed by atoms with Gasteiger partial charge in [0.1, 0.15) is 11.3 Å². The highest BCUT2D eigenvalue weighted by atomic mass is 16.3. The first kappa shape index (κ1) is 36.5. The highest BCUT2D eigenvalue weighted by Crippen LogP contribution is 2.66. The molecule has 8 aromatic rings. The Kier molecular flexibility index (Phi) is 7.92. The Morgan fingerprint density at radius 2 is 1.37 bits per heavy atom. The topological polar surface area (TPSA) is 16.4 Å². The molecule has 2 nitrogen and oxygen atoms in total. The second kappa shape index (κ2) is 13.7. The van der Waals surface area contributed by atoms with Crippen molar-refractivity contribution in [3.05, 3.63) is 244 Å². The van der Waals surface area contributed by atoms with Crippen LogP contribution in [0.3, 0.4) is 0 Å². The minimum Gasteiger partial charge on any atom is -0.458 e. The van der Waals surface area contributed by atoms with Crippen LogP contribution in [0.25, 0.3) is 50.1 Å².